The molecule has 0 fully saturated rings. The lowest BCUT2D eigenvalue weighted by Crippen LogP contribution is -2.23. The van der Waals surface area contributed by atoms with Crippen molar-refractivity contribution >= 4 is 38.7 Å². The fourth-order valence-electron chi connectivity index (χ4n) is 4.29. The predicted octanol–water partition coefficient (Wildman–Crippen LogP) is 5.15. The van der Waals surface area contributed by atoms with Gasteiger partial charge in [0.2, 0.25) is 15.9 Å². The first kappa shape index (κ1) is 25.6. The van der Waals surface area contributed by atoms with Crippen molar-refractivity contribution in [2.75, 3.05) is 40.6 Å². The molecule has 0 radical (unpaired) electrons. The number of rotatable bonds is 9. The van der Waals surface area contributed by atoms with Gasteiger partial charge in [-0.1, -0.05) is 38.5 Å². The maximum atomic E-state index is 12.5. The van der Waals surface area contributed by atoms with E-state index in [1.165, 1.54) is 11.1 Å². The average Bonchev–Trinajstić information content (AvgIpc) is 2.76. The van der Waals surface area contributed by atoms with Gasteiger partial charge in [-0.05, 0) is 66.6 Å². The van der Waals surface area contributed by atoms with E-state index >= 15 is 0 Å². The van der Waals surface area contributed by atoms with E-state index in [0.717, 1.165) is 49.0 Å². The molecule has 3 N–H and O–H groups in total. The number of allylic oxidation sites excluding steroid dienone is 1. The minimum Gasteiger partial charge on any atom is -0.378 e. The lowest BCUT2D eigenvalue weighted by molar-refractivity contribution is -0.111. The third-order valence-corrected chi connectivity index (χ3v) is 6.65. The molecule has 8 heteroatoms. The van der Waals surface area contributed by atoms with E-state index < -0.39 is 10.0 Å². The molecule has 2 atom stereocenters. The molecule has 0 aromatic heterocycles. The molecule has 0 saturated heterocycles. The lowest BCUT2D eigenvalue weighted by Gasteiger charge is -2.32. The fraction of sp³-hybridized carbons (Fsp3) is 0.423. The van der Waals surface area contributed by atoms with Crippen molar-refractivity contribution in [3.63, 3.8) is 0 Å². The van der Waals surface area contributed by atoms with E-state index in [-0.39, 0.29) is 11.9 Å². The summed E-state index contributed by atoms with van der Waals surface area (Å²) in [6, 6.07) is 11.5. The zero-order valence-electron chi connectivity index (χ0n) is 20.7. The molecule has 1 amide bonds. The second-order valence-electron chi connectivity index (χ2n) is 9.20. The Morgan fingerprint density at radius 2 is 1.94 bits per heavy atom. The Labute approximate surface area is 203 Å². The first-order valence-electron chi connectivity index (χ1n) is 11.7. The molecule has 184 valence electrons. The second-order valence-corrected chi connectivity index (χ2v) is 11.0. The lowest BCUT2D eigenvalue weighted by atomic mass is 9.85. The molecule has 2 unspecified atom stereocenters. The van der Waals surface area contributed by atoms with Gasteiger partial charge in [-0.15, -0.1) is 0 Å². The normalized spacial score (nSPS) is 16.6. The van der Waals surface area contributed by atoms with Crippen LogP contribution in [0.1, 0.15) is 50.3 Å². The molecule has 1 aliphatic rings. The number of sulfonamides is 1. The summed E-state index contributed by atoms with van der Waals surface area (Å²) >= 11 is 0. The summed E-state index contributed by atoms with van der Waals surface area (Å²) in [5.74, 6) is 0.240. The highest BCUT2D eigenvalue weighted by Crippen LogP contribution is 2.41. The van der Waals surface area contributed by atoms with E-state index in [9.17, 15) is 13.2 Å². The van der Waals surface area contributed by atoms with Crippen molar-refractivity contribution < 1.29 is 13.2 Å². The molecule has 2 aromatic rings. The Bertz CT molecular complexity index is 1160. The van der Waals surface area contributed by atoms with Crippen molar-refractivity contribution in [1.82, 2.24) is 0 Å². The molecular formula is C26H36N4O3S. The average molecular weight is 485 g/mol. The van der Waals surface area contributed by atoms with Crippen molar-refractivity contribution in [1.29, 1.82) is 0 Å². The highest BCUT2D eigenvalue weighted by Gasteiger charge is 2.25. The number of benzene rings is 2. The van der Waals surface area contributed by atoms with Crippen LogP contribution in [0, 0.1) is 5.92 Å². The van der Waals surface area contributed by atoms with Gasteiger partial charge < -0.3 is 15.5 Å². The van der Waals surface area contributed by atoms with E-state index in [1.54, 1.807) is 18.2 Å². The zero-order valence-corrected chi connectivity index (χ0v) is 21.5. The van der Waals surface area contributed by atoms with Gasteiger partial charge in [-0.2, -0.15) is 0 Å². The van der Waals surface area contributed by atoms with Crippen LogP contribution >= 0.6 is 0 Å². The van der Waals surface area contributed by atoms with Crippen molar-refractivity contribution in [3.05, 3.63) is 59.7 Å². The number of fused-ring (bicyclic) bond motifs is 1. The quantitative estimate of drug-likeness (QED) is 0.428. The number of nitrogens with one attached hydrogen (secondary N) is 3. The molecular weight excluding hydrogens is 448 g/mol. The molecule has 0 bridgehead atoms. The highest BCUT2D eigenvalue weighted by molar-refractivity contribution is 7.92. The molecule has 1 aliphatic carbocycles. The van der Waals surface area contributed by atoms with Crippen molar-refractivity contribution in [2.24, 2.45) is 5.92 Å². The van der Waals surface area contributed by atoms with Gasteiger partial charge in [0, 0.05) is 19.8 Å². The summed E-state index contributed by atoms with van der Waals surface area (Å²) in [7, 11) is 0.656. The van der Waals surface area contributed by atoms with E-state index in [0.29, 0.717) is 11.6 Å². The fourth-order valence-corrected chi connectivity index (χ4v) is 4.85. The summed E-state index contributed by atoms with van der Waals surface area (Å²) in [6.45, 7) is 4.19. The Morgan fingerprint density at radius 1 is 1.21 bits per heavy atom. The zero-order chi connectivity index (χ0) is 24.9. The SMILES string of the molecule is CCC(C)C=CC(=O)Nc1ccc2c(c1N(C)C)CCCC2Nc1cccc(NS(C)(=O)=O)c1. The van der Waals surface area contributed by atoms with Crippen LogP contribution in [0.5, 0.6) is 0 Å². The smallest absolute Gasteiger partial charge is 0.248 e. The van der Waals surface area contributed by atoms with E-state index in [1.807, 2.05) is 38.4 Å². The van der Waals surface area contributed by atoms with Crippen molar-refractivity contribution in [3.8, 4) is 0 Å². The van der Waals surface area contributed by atoms with Gasteiger partial charge in [0.05, 0.1) is 29.4 Å². The van der Waals surface area contributed by atoms with Gasteiger partial charge in [-0.3, -0.25) is 9.52 Å². The van der Waals surface area contributed by atoms with Crippen LogP contribution in [-0.2, 0) is 21.2 Å². The maximum Gasteiger partial charge on any atom is 0.248 e. The Kier molecular flexibility index (Phi) is 8.25. The monoisotopic (exact) mass is 484 g/mol. The number of nitrogens with zero attached hydrogens (tertiary/aromatic N) is 1. The molecule has 0 spiro atoms. The van der Waals surface area contributed by atoms with Gasteiger partial charge in [-0.25, -0.2) is 8.42 Å². The molecule has 34 heavy (non-hydrogen) atoms. The summed E-state index contributed by atoms with van der Waals surface area (Å²) in [5.41, 5.74) is 5.64. The van der Waals surface area contributed by atoms with Gasteiger partial charge >= 0.3 is 0 Å². The second kappa shape index (κ2) is 11.0. The summed E-state index contributed by atoms with van der Waals surface area (Å²) in [5, 5.41) is 6.64. The molecule has 7 nitrogen and oxygen atoms in total. The maximum absolute atomic E-state index is 12.5. The predicted molar refractivity (Wildman–Crippen MR) is 142 cm³/mol. The molecule has 0 aliphatic heterocycles. The Morgan fingerprint density at radius 3 is 2.62 bits per heavy atom. The number of anilines is 4. The largest absolute Gasteiger partial charge is 0.378 e. The Hall–Kier alpha value is -3.00. The van der Waals surface area contributed by atoms with E-state index in [4.69, 9.17) is 0 Å². The third kappa shape index (κ3) is 6.76. The van der Waals surface area contributed by atoms with Crippen LogP contribution in [0.25, 0.3) is 0 Å². The third-order valence-electron chi connectivity index (χ3n) is 6.05. The highest BCUT2D eigenvalue weighted by atomic mass is 32.2. The Balaban J connectivity index is 1.87. The van der Waals surface area contributed by atoms with Gasteiger partial charge in [0.25, 0.3) is 0 Å². The number of amides is 1. The van der Waals surface area contributed by atoms with Crippen molar-refractivity contribution in [2.45, 2.75) is 45.6 Å². The van der Waals surface area contributed by atoms with Crippen LogP contribution in [0.15, 0.2) is 48.6 Å². The standard InChI is InChI=1S/C26H36N4O3S/c1-6-18(2)13-16-25(31)28-24-15-14-21-22(26(24)30(3)4)11-8-12-23(21)27-19-9-7-10-20(17-19)29-34(5,32)33/h7,9-10,13-18,23,27,29H,6,8,11-12H2,1-5H3,(H,28,31). The molecule has 0 saturated carbocycles. The van der Waals surface area contributed by atoms with Crippen LogP contribution in [0.3, 0.4) is 0 Å². The number of carbonyl (C=O) groups is 1. The van der Waals surface area contributed by atoms with Crippen LogP contribution < -0.4 is 20.3 Å². The topological polar surface area (TPSA) is 90.5 Å². The van der Waals surface area contributed by atoms with Crippen LogP contribution in [-0.4, -0.2) is 34.7 Å². The minimum absolute atomic E-state index is 0.0889. The minimum atomic E-state index is -3.34. The van der Waals surface area contributed by atoms with Crippen LogP contribution in [0.2, 0.25) is 0 Å². The first-order valence-corrected chi connectivity index (χ1v) is 13.6. The van der Waals surface area contributed by atoms with Crippen LogP contribution in [0.4, 0.5) is 22.7 Å². The van der Waals surface area contributed by atoms with Gasteiger partial charge in [0.15, 0.2) is 0 Å². The molecule has 0 heterocycles. The summed E-state index contributed by atoms with van der Waals surface area (Å²) in [4.78, 5) is 14.6. The van der Waals surface area contributed by atoms with E-state index in [2.05, 4.69) is 40.2 Å². The number of hydrogen-bond acceptors (Lipinski definition) is 5. The molecule has 3 rings (SSSR count). The van der Waals surface area contributed by atoms with Gasteiger partial charge in [0.1, 0.15) is 0 Å². The number of hydrogen-bond donors (Lipinski definition) is 3. The summed E-state index contributed by atoms with van der Waals surface area (Å²) < 4.78 is 25.7. The molecule has 2 aromatic carbocycles. The first-order chi connectivity index (χ1) is 16.1. The summed E-state index contributed by atoms with van der Waals surface area (Å²) in [6.07, 6.45) is 8.61. The number of carbonyl (C=O) groups excluding carboxylic acids is 1.